The Morgan fingerprint density at radius 1 is 1.09 bits per heavy atom. The average molecular weight is 491 g/mol. The third kappa shape index (κ3) is 3.97. The summed E-state index contributed by atoms with van der Waals surface area (Å²) in [7, 11) is -4.01. The first-order valence-electron chi connectivity index (χ1n) is 10.8. The monoisotopic (exact) mass is 490 g/mol. The summed E-state index contributed by atoms with van der Waals surface area (Å²) in [5.74, 6) is 0.383. The molecule has 2 fully saturated rings. The summed E-state index contributed by atoms with van der Waals surface area (Å²) in [6, 6.07) is 9.77. The molecule has 1 aliphatic heterocycles. The van der Waals surface area contributed by atoms with Crippen LogP contribution in [0.25, 0.3) is 11.0 Å². The van der Waals surface area contributed by atoms with E-state index in [0.717, 1.165) is 43.8 Å². The van der Waals surface area contributed by atoms with Crippen LogP contribution in [0.3, 0.4) is 0 Å². The number of amides is 1. The van der Waals surface area contributed by atoms with Gasteiger partial charge in [0, 0.05) is 17.6 Å². The van der Waals surface area contributed by atoms with Crippen molar-refractivity contribution in [1.82, 2.24) is 13.6 Å². The lowest BCUT2D eigenvalue weighted by Crippen LogP contribution is -2.49. The first-order chi connectivity index (χ1) is 15.4. The SMILES string of the molecule is O=C(c1ccc(Cl)cc1NS(=O)(=O)c1cccc2nsnc12)N1CCCC2CCCCC21. The number of fused-ring (bicyclic) bond motifs is 2. The van der Waals surface area contributed by atoms with E-state index in [-0.39, 0.29) is 22.5 Å². The number of piperidine rings is 1. The molecule has 1 saturated heterocycles. The summed E-state index contributed by atoms with van der Waals surface area (Å²) >= 11 is 7.15. The Labute approximate surface area is 196 Å². The average Bonchev–Trinajstić information content (AvgIpc) is 3.27. The fourth-order valence-corrected chi connectivity index (χ4v) is 7.03. The summed E-state index contributed by atoms with van der Waals surface area (Å²) in [6.07, 6.45) is 6.62. The third-order valence-electron chi connectivity index (χ3n) is 6.50. The first-order valence-corrected chi connectivity index (χ1v) is 13.4. The fraction of sp³-hybridized carbons (Fsp3) is 0.409. The molecule has 2 aliphatic rings. The Bertz CT molecular complexity index is 1280. The van der Waals surface area contributed by atoms with Gasteiger partial charge in [0.25, 0.3) is 15.9 Å². The Morgan fingerprint density at radius 2 is 1.91 bits per heavy atom. The lowest BCUT2D eigenvalue weighted by Gasteiger charge is -2.44. The van der Waals surface area contributed by atoms with Gasteiger partial charge in [-0.1, -0.05) is 30.5 Å². The molecule has 2 aromatic carbocycles. The topological polar surface area (TPSA) is 92.3 Å². The lowest BCUT2D eigenvalue weighted by atomic mass is 9.78. The van der Waals surface area contributed by atoms with Gasteiger partial charge in [-0.3, -0.25) is 9.52 Å². The van der Waals surface area contributed by atoms with Crippen molar-refractivity contribution in [1.29, 1.82) is 0 Å². The number of hydrogen-bond donors (Lipinski definition) is 1. The number of sulfonamides is 1. The molecule has 1 aromatic heterocycles. The Kier molecular flexibility index (Phi) is 5.81. The number of nitrogens with zero attached hydrogens (tertiary/aromatic N) is 3. The summed E-state index contributed by atoms with van der Waals surface area (Å²) in [5, 5.41) is 0.349. The van der Waals surface area contributed by atoms with Gasteiger partial charge >= 0.3 is 0 Å². The fourth-order valence-electron chi connectivity index (χ4n) is 5.02. The van der Waals surface area contributed by atoms with Crippen LogP contribution in [-0.2, 0) is 10.0 Å². The van der Waals surface area contributed by atoms with Crippen molar-refractivity contribution in [2.45, 2.75) is 49.5 Å². The van der Waals surface area contributed by atoms with Crippen LogP contribution in [0.2, 0.25) is 5.02 Å². The maximum atomic E-state index is 13.6. The largest absolute Gasteiger partial charge is 0.335 e. The predicted octanol–water partition coefficient (Wildman–Crippen LogP) is 4.94. The van der Waals surface area contributed by atoms with Gasteiger partial charge in [0.05, 0.1) is 23.0 Å². The van der Waals surface area contributed by atoms with E-state index in [4.69, 9.17) is 11.6 Å². The molecule has 0 radical (unpaired) electrons. The molecule has 1 aliphatic carbocycles. The van der Waals surface area contributed by atoms with Crippen molar-refractivity contribution in [3.8, 4) is 0 Å². The molecular formula is C22H23ClN4O3S2. The van der Waals surface area contributed by atoms with E-state index in [1.807, 2.05) is 4.90 Å². The minimum Gasteiger partial charge on any atom is -0.335 e. The molecule has 32 heavy (non-hydrogen) atoms. The molecular weight excluding hydrogens is 468 g/mol. The van der Waals surface area contributed by atoms with Crippen LogP contribution >= 0.6 is 23.3 Å². The molecule has 3 aromatic rings. The number of anilines is 1. The summed E-state index contributed by atoms with van der Waals surface area (Å²) in [5.41, 5.74) is 1.31. The van der Waals surface area contributed by atoms with E-state index in [0.29, 0.717) is 34.1 Å². The van der Waals surface area contributed by atoms with Crippen molar-refractivity contribution < 1.29 is 13.2 Å². The number of aromatic nitrogens is 2. The highest BCUT2D eigenvalue weighted by molar-refractivity contribution is 7.93. The van der Waals surface area contributed by atoms with Crippen LogP contribution in [0.15, 0.2) is 41.3 Å². The van der Waals surface area contributed by atoms with Gasteiger partial charge in [-0.05, 0) is 61.9 Å². The minimum atomic E-state index is -4.01. The van der Waals surface area contributed by atoms with Crippen molar-refractivity contribution in [2.24, 2.45) is 5.92 Å². The highest BCUT2D eigenvalue weighted by Gasteiger charge is 2.37. The molecule has 1 amide bonds. The number of benzene rings is 2. The highest BCUT2D eigenvalue weighted by atomic mass is 35.5. The summed E-state index contributed by atoms with van der Waals surface area (Å²) in [6.45, 7) is 0.693. The molecule has 168 valence electrons. The maximum absolute atomic E-state index is 13.6. The van der Waals surface area contributed by atoms with Crippen molar-refractivity contribution in [3.05, 3.63) is 47.0 Å². The molecule has 2 atom stereocenters. The number of carbonyl (C=O) groups excluding carboxylic acids is 1. The van der Waals surface area contributed by atoms with Gasteiger partial charge in [0.2, 0.25) is 0 Å². The smallest absolute Gasteiger partial charge is 0.264 e. The van der Waals surface area contributed by atoms with Crippen LogP contribution < -0.4 is 4.72 Å². The van der Waals surface area contributed by atoms with E-state index in [2.05, 4.69) is 13.5 Å². The number of hydrogen-bond acceptors (Lipinski definition) is 6. The van der Waals surface area contributed by atoms with Crippen LogP contribution in [0.5, 0.6) is 0 Å². The zero-order chi connectivity index (χ0) is 22.3. The van der Waals surface area contributed by atoms with Crippen LogP contribution in [0.1, 0.15) is 48.9 Å². The summed E-state index contributed by atoms with van der Waals surface area (Å²) < 4.78 is 37.4. The van der Waals surface area contributed by atoms with Crippen LogP contribution in [0, 0.1) is 5.92 Å². The van der Waals surface area contributed by atoms with Gasteiger partial charge in [0.15, 0.2) is 0 Å². The molecule has 0 bridgehead atoms. The number of carbonyl (C=O) groups is 1. The second-order valence-corrected chi connectivity index (χ2v) is 11.1. The van der Waals surface area contributed by atoms with Gasteiger partial charge in [-0.15, -0.1) is 0 Å². The van der Waals surface area contributed by atoms with Crippen molar-refractivity contribution in [3.63, 3.8) is 0 Å². The Morgan fingerprint density at radius 3 is 2.78 bits per heavy atom. The van der Waals surface area contributed by atoms with E-state index in [1.54, 1.807) is 24.3 Å². The minimum absolute atomic E-state index is 0.0208. The number of rotatable bonds is 4. The summed E-state index contributed by atoms with van der Waals surface area (Å²) in [4.78, 5) is 15.6. The highest BCUT2D eigenvalue weighted by Crippen LogP contribution is 2.37. The molecule has 0 spiro atoms. The molecule has 7 nitrogen and oxygen atoms in total. The Balaban J connectivity index is 1.50. The zero-order valence-corrected chi connectivity index (χ0v) is 19.7. The van der Waals surface area contributed by atoms with E-state index in [1.165, 1.54) is 18.6 Å². The van der Waals surface area contributed by atoms with Gasteiger partial charge < -0.3 is 4.90 Å². The first kappa shape index (κ1) is 21.6. The van der Waals surface area contributed by atoms with Gasteiger partial charge in [-0.25, -0.2) is 8.42 Å². The quantitative estimate of drug-likeness (QED) is 0.559. The molecule has 1 N–H and O–H groups in total. The Hall–Kier alpha value is -2.23. The van der Waals surface area contributed by atoms with E-state index in [9.17, 15) is 13.2 Å². The van der Waals surface area contributed by atoms with Crippen molar-refractivity contribution >= 4 is 56.0 Å². The normalized spacial score (nSPS) is 21.3. The molecule has 5 rings (SSSR count). The zero-order valence-electron chi connectivity index (χ0n) is 17.3. The second-order valence-electron chi connectivity index (χ2n) is 8.44. The molecule has 2 heterocycles. The van der Waals surface area contributed by atoms with Gasteiger partial charge in [-0.2, -0.15) is 8.75 Å². The van der Waals surface area contributed by atoms with Gasteiger partial charge in [0.1, 0.15) is 15.9 Å². The van der Waals surface area contributed by atoms with E-state index < -0.39 is 10.0 Å². The molecule has 1 saturated carbocycles. The number of nitrogens with one attached hydrogen (secondary N) is 1. The molecule has 10 heteroatoms. The van der Waals surface area contributed by atoms with E-state index >= 15 is 0 Å². The van der Waals surface area contributed by atoms with Crippen molar-refractivity contribution in [2.75, 3.05) is 11.3 Å². The lowest BCUT2D eigenvalue weighted by molar-refractivity contribution is 0.0391. The van der Waals surface area contributed by atoms with Crippen LogP contribution in [0.4, 0.5) is 5.69 Å². The van der Waals surface area contributed by atoms with Crippen LogP contribution in [-0.4, -0.2) is 40.6 Å². The predicted molar refractivity (Wildman–Crippen MR) is 126 cm³/mol. The number of halogens is 1. The third-order valence-corrected chi connectivity index (χ3v) is 8.67. The second kappa shape index (κ2) is 8.61. The molecule has 2 unspecified atom stereocenters. The number of likely N-dealkylation sites (tertiary alicyclic amines) is 1. The maximum Gasteiger partial charge on any atom is 0.264 e. The standard InChI is InChI=1S/C22H23ClN4O3S2/c23-15-10-11-16(22(28)27-12-4-6-14-5-1-2-8-19(14)27)18(13-15)26-32(29,30)20-9-3-7-17-21(20)25-31-24-17/h3,7,9-11,13-14,19,26H,1-2,4-6,8,12H2.